The fourth-order valence-electron chi connectivity index (χ4n) is 3.22. The molecule has 3 nitrogen and oxygen atoms in total. The van der Waals surface area contributed by atoms with E-state index in [2.05, 4.69) is 40.0 Å². The third kappa shape index (κ3) is 3.85. The Kier molecular flexibility index (Phi) is 5.21. The van der Waals surface area contributed by atoms with Crippen LogP contribution in [0.2, 0.25) is 0 Å². The van der Waals surface area contributed by atoms with Gasteiger partial charge in [-0.15, -0.1) is 6.58 Å². The summed E-state index contributed by atoms with van der Waals surface area (Å²) in [6, 6.07) is 0. The zero-order chi connectivity index (χ0) is 14.6. The summed E-state index contributed by atoms with van der Waals surface area (Å²) in [4.78, 5) is 10.5. The highest BCUT2D eigenvalue weighted by Gasteiger charge is 2.39. The third-order valence-electron chi connectivity index (χ3n) is 4.72. The lowest BCUT2D eigenvalue weighted by molar-refractivity contribution is 0.0497. The van der Waals surface area contributed by atoms with Gasteiger partial charge in [0.25, 0.3) is 0 Å². The number of allylic oxidation sites excluding steroid dienone is 2. The fraction of sp³-hybridized carbons (Fsp3) is 0.688. The minimum atomic E-state index is -1.19. The summed E-state index contributed by atoms with van der Waals surface area (Å²) < 4.78 is 4.70. The molecule has 108 valence electrons. The molecule has 0 aromatic rings. The highest BCUT2D eigenvalue weighted by Crippen LogP contribution is 2.48. The molecule has 1 aliphatic rings. The molecule has 0 heterocycles. The van der Waals surface area contributed by atoms with Crippen molar-refractivity contribution in [3.8, 4) is 0 Å². The maximum atomic E-state index is 10.5. The van der Waals surface area contributed by atoms with Crippen LogP contribution in [0, 0.1) is 23.2 Å². The van der Waals surface area contributed by atoms with Gasteiger partial charge in [0, 0.05) is 0 Å². The molecule has 1 saturated carbocycles. The van der Waals surface area contributed by atoms with E-state index in [0.717, 1.165) is 19.3 Å². The predicted molar refractivity (Wildman–Crippen MR) is 77.1 cm³/mol. The maximum absolute atomic E-state index is 10.5. The number of carbonyl (C=O) groups is 1. The summed E-state index contributed by atoms with van der Waals surface area (Å²) in [6.07, 6.45) is 4.09. The largest absolute Gasteiger partial charge is 0.505 e. The van der Waals surface area contributed by atoms with Crippen LogP contribution in [0.3, 0.4) is 0 Å². The van der Waals surface area contributed by atoms with Crippen LogP contribution in [0.15, 0.2) is 24.8 Å². The lowest BCUT2D eigenvalue weighted by Gasteiger charge is -2.44. The van der Waals surface area contributed by atoms with Gasteiger partial charge < -0.3 is 9.84 Å². The van der Waals surface area contributed by atoms with Crippen LogP contribution >= 0.6 is 0 Å². The van der Waals surface area contributed by atoms with E-state index in [4.69, 9.17) is 9.84 Å². The highest BCUT2D eigenvalue weighted by molar-refractivity contribution is 5.56. The molecule has 0 aliphatic heterocycles. The number of hydrogen-bond acceptors (Lipinski definition) is 2. The molecule has 0 aromatic heterocycles. The minimum absolute atomic E-state index is 0.121. The van der Waals surface area contributed by atoms with Crippen molar-refractivity contribution >= 4 is 6.16 Å². The van der Waals surface area contributed by atoms with Gasteiger partial charge in [0.2, 0.25) is 0 Å². The van der Waals surface area contributed by atoms with Crippen molar-refractivity contribution in [1.82, 2.24) is 0 Å². The van der Waals surface area contributed by atoms with Crippen LogP contribution < -0.4 is 0 Å². The van der Waals surface area contributed by atoms with E-state index >= 15 is 0 Å². The zero-order valence-electron chi connectivity index (χ0n) is 12.3. The molecule has 1 rings (SSSR count). The molecule has 4 atom stereocenters. The Labute approximate surface area is 116 Å². The molecule has 19 heavy (non-hydrogen) atoms. The van der Waals surface area contributed by atoms with Crippen molar-refractivity contribution in [3.05, 3.63) is 24.8 Å². The van der Waals surface area contributed by atoms with Gasteiger partial charge in [-0.25, -0.2) is 4.79 Å². The average Bonchev–Trinajstić information content (AvgIpc) is 2.36. The van der Waals surface area contributed by atoms with E-state index in [-0.39, 0.29) is 17.9 Å². The first-order chi connectivity index (χ1) is 8.80. The Hall–Kier alpha value is -1.25. The molecule has 0 aromatic carbocycles. The van der Waals surface area contributed by atoms with Crippen LogP contribution in [0.1, 0.15) is 40.0 Å². The smallest absolute Gasteiger partial charge is 0.450 e. The molecule has 0 saturated heterocycles. The van der Waals surface area contributed by atoms with Gasteiger partial charge in [0.15, 0.2) is 0 Å². The minimum Gasteiger partial charge on any atom is -0.450 e. The van der Waals surface area contributed by atoms with Crippen molar-refractivity contribution < 1.29 is 14.6 Å². The van der Waals surface area contributed by atoms with Crippen molar-refractivity contribution in [1.29, 1.82) is 0 Å². The number of carboxylic acid groups (broad SMARTS) is 1. The molecule has 0 amide bonds. The molecule has 0 bridgehead atoms. The Morgan fingerprint density at radius 1 is 1.63 bits per heavy atom. The highest BCUT2D eigenvalue weighted by atomic mass is 16.7. The zero-order valence-corrected chi connectivity index (χ0v) is 12.3. The van der Waals surface area contributed by atoms with Gasteiger partial charge in [-0.2, -0.15) is 0 Å². The first-order valence-electron chi connectivity index (χ1n) is 6.95. The quantitative estimate of drug-likeness (QED) is 0.588. The Bertz CT molecular complexity index is 361. The third-order valence-corrected chi connectivity index (χ3v) is 4.72. The summed E-state index contributed by atoms with van der Waals surface area (Å²) in [5, 5.41) is 8.57. The maximum Gasteiger partial charge on any atom is 0.505 e. The summed E-state index contributed by atoms with van der Waals surface area (Å²) in [5.41, 5.74) is 1.31. The summed E-state index contributed by atoms with van der Waals surface area (Å²) in [5.74, 6) is 1.18. The van der Waals surface area contributed by atoms with Gasteiger partial charge in [-0.05, 0) is 49.4 Å². The molecule has 1 fully saturated rings. The second-order valence-corrected chi connectivity index (χ2v) is 6.20. The second-order valence-electron chi connectivity index (χ2n) is 6.20. The first-order valence-corrected chi connectivity index (χ1v) is 6.95. The van der Waals surface area contributed by atoms with Crippen LogP contribution in [0.25, 0.3) is 0 Å². The van der Waals surface area contributed by atoms with E-state index < -0.39 is 6.16 Å². The number of ether oxygens (including phenoxy) is 1. The standard InChI is InChI=1S/C16H26O3/c1-6-16(5)8-7-13(9-14(16)11(2)3)12(4)10-19-15(17)18/h6,12-14H,1-2,7-10H2,3-5H3,(H,17,18)/t12?,13-,14+,16+/m0/s1. The van der Waals surface area contributed by atoms with Gasteiger partial charge >= 0.3 is 6.16 Å². The van der Waals surface area contributed by atoms with Crippen molar-refractivity contribution in [2.75, 3.05) is 6.61 Å². The average molecular weight is 266 g/mol. The molecule has 1 aliphatic carbocycles. The monoisotopic (exact) mass is 266 g/mol. The second kappa shape index (κ2) is 6.27. The van der Waals surface area contributed by atoms with Crippen LogP contribution in [-0.2, 0) is 4.74 Å². The lowest BCUT2D eigenvalue weighted by atomic mass is 9.60. The van der Waals surface area contributed by atoms with E-state index in [1.54, 1.807) is 0 Å². The fourth-order valence-corrected chi connectivity index (χ4v) is 3.22. The SMILES string of the molecule is C=C[C@]1(C)CC[C@H](C(C)COC(=O)O)C[C@@H]1C(=C)C. The Morgan fingerprint density at radius 3 is 2.74 bits per heavy atom. The molecular weight excluding hydrogens is 240 g/mol. The number of hydrogen-bond donors (Lipinski definition) is 1. The first kappa shape index (κ1) is 15.8. The van der Waals surface area contributed by atoms with Crippen LogP contribution in [0.4, 0.5) is 4.79 Å². The van der Waals surface area contributed by atoms with Crippen molar-refractivity contribution in [2.24, 2.45) is 23.2 Å². The molecule has 1 N–H and O–H groups in total. The van der Waals surface area contributed by atoms with Gasteiger partial charge in [0.05, 0.1) is 6.61 Å². The van der Waals surface area contributed by atoms with Gasteiger partial charge in [-0.3, -0.25) is 0 Å². The van der Waals surface area contributed by atoms with Crippen molar-refractivity contribution in [3.63, 3.8) is 0 Å². The lowest BCUT2D eigenvalue weighted by Crippen LogP contribution is -2.36. The van der Waals surface area contributed by atoms with Crippen LogP contribution in [0.5, 0.6) is 0 Å². The summed E-state index contributed by atoms with van der Waals surface area (Å²) in [6.45, 7) is 14.8. The van der Waals surface area contributed by atoms with Crippen molar-refractivity contribution in [2.45, 2.75) is 40.0 Å². The molecule has 0 spiro atoms. The van der Waals surface area contributed by atoms with Gasteiger partial charge in [0.1, 0.15) is 0 Å². The number of rotatable bonds is 5. The molecule has 0 radical (unpaired) electrons. The van der Waals surface area contributed by atoms with E-state index in [1.165, 1.54) is 5.57 Å². The van der Waals surface area contributed by atoms with E-state index in [1.807, 2.05) is 0 Å². The summed E-state index contributed by atoms with van der Waals surface area (Å²) >= 11 is 0. The normalized spacial score (nSPS) is 32.4. The summed E-state index contributed by atoms with van der Waals surface area (Å²) in [7, 11) is 0. The molecule has 3 heteroatoms. The molecular formula is C16H26O3. The predicted octanol–water partition coefficient (Wildman–Crippen LogP) is 4.50. The Morgan fingerprint density at radius 2 is 2.26 bits per heavy atom. The van der Waals surface area contributed by atoms with E-state index in [9.17, 15) is 4.79 Å². The topological polar surface area (TPSA) is 46.5 Å². The van der Waals surface area contributed by atoms with Gasteiger partial charge in [-0.1, -0.05) is 32.1 Å². The van der Waals surface area contributed by atoms with E-state index in [0.29, 0.717) is 11.8 Å². The molecule has 1 unspecified atom stereocenters. The van der Waals surface area contributed by atoms with Crippen LogP contribution in [-0.4, -0.2) is 17.9 Å². The Balaban J connectivity index is 2.68.